The lowest BCUT2D eigenvalue weighted by atomic mass is 10.2. The van der Waals surface area contributed by atoms with Crippen LogP contribution < -0.4 is 0 Å². The zero-order chi connectivity index (χ0) is 13.7. The smallest absolute Gasteiger partial charge is 0.226 e. The minimum Gasteiger partial charge on any atom is -0.440 e. The van der Waals surface area contributed by atoms with Gasteiger partial charge in [-0.05, 0) is 23.9 Å². The number of benzene rings is 1. The summed E-state index contributed by atoms with van der Waals surface area (Å²) in [6.45, 7) is 7.24. The minimum absolute atomic E-state index is 0.724. The Labute approximate surface area is 120 Å². The fraction of sp³-hybridized carbons (Fsp3) is 0.400. The maximum Gasteiger partial charge on any atom is 0.226 e. The van der Waals surface area contributed by atoms with E-state index >= 15 is 0 Å². The van der Waals surface area contributed by atoms with E-state index in [0.29, 0.717) is 0 Å². The molecule has 2 aromatic rings. The highest BCUT2D eigenvalue weighted by Gasteiger charge is 2.12. The molecule has 0 saturated heterocycles. The standard InChI is InChI=1S/C15H21NOSSi/c1-19(2,3)10-9-18-12-14-11-16-15(17-14)13-7-5-4-6-8-13/h4-8,11H,9-10,12H2,1-3H3. The van der Waals surface area contributed by atoms with Crippen LogP contribution in [-0.2, 0) is 5.75 Å². The molecule has 4 heteroatoms. The molecule has 0 amide bonds. The quantitative estimate of drug-likeness (QED) is 0.558. The number of hydrogen-bond acceptors (Lipinski definition) is 3. The third-order valence-corrected chi connectivity index (χ3v) is 5.91. The summed E-state index contributed by atoms with van der Waals surface area (Å²) in [5, 5.41) is 0. The summed E-state index contributed by atoms with van der Waals surface area (Å²) in [5.74, 6) is 3.84. The molecular formula is C15H21NOSSi. The predicted molar refractivity (Wildman–Crippen MR) is 86.3 cm³/mol. The first kappa shape index (κ1) is 14.4. The predicted octanol–water partition coefficient (Wildman–Crippen LogP) is 4.91. The second-order valence-corrected chi connectivity index (χ2v) is 12.6. The molecule has 102 valence electrons. The normalized spacial score (nSPS) is 11.7. The van der Waals surface area contributed by atoms with Crippen molar-refractivity contribution in [3.8, 4) is 11.5 Å². The van der Waals surface area contributed by atoms with Crippen LogP contribution in [0.1, 0.15) is 5.76 Å². The van der Waals surface area contributed by atoms with Crippen LogP contribution in [0.5, 0.6) is 0 Å². The van der Waals surface area contributed by atoms with Gasteiger partial charge in [0.2, 0.25) is 5.89 Å². The third-order valence-electron chi connectivity index (χ3n) is 2.82. The van der Waals surface area contributed by atoms with Crippen molar-refractivity contribution in [2.75, 3.05) is 5.75 Å². The van der Waals surface area contributed by atoms with Gasteiger partial charge >= 0.3 is 0 Å². The molecule has 0 saturated carbocycles. The Hall–Kier alpha value is -1.00. The molecule has 0 N–H and O–H groups in total. The summed E-state index contributed by atoms with van der Waals surface area (Å²) in [6.07, 6.45) is 1.85. The number of thioether (sulfide) groups is 1. The van der Waals surface area contributed by atoms with E-state index in [4.69, 9.17) is 4.42 Å². The number of aromatic nitrogens is 1. The first-order valence-corrected chi connectivity index (χ1v) is 11.5. The Morgan fingerprint density at radius 2 is 1.89 bits per heavy atom. The average molecular weight is 291 g/mol. The van der Waals surface area contributed by atoms with Gasteiger partial charge in [-0.25, -0.2) is 4.98 Å². The van der Waals surface area contributed by atoms with Gasteiger partial charge in [-0.2, -0.15) is 11.8 Å². The monoisotopic (exact) mass is 291 g/mol. The molecule has 1 aromatic carbocycles. The van der Waals surface area contributed by atoms with Crippen LogP contribution in [0.25, 0.3) is 11.5 Å². The molecule has 19 heavy (non-hydrogen) atoms. The van der Waals surface area contributed by atoms with Crippen LogP contribution in [0.15, 0.2) is 40.9 Å². The van der Waals surface area contributed by atoms with Gasteiger partial charge in [0.05, 0.1) is 11.9 Å². The maximum atomic E-state index is 5.78. The van der Waals surface area contributed by atoms with E-state index in [1.165, 1.54) is 11.8 Å². The lowest BCUT2D eigenvalue weighted by Crippen LogP contribution is -2.19. The summed E-state index contributed by atoms with van der Waals surface area (Å²) < 4.78 is 5.78. The van der Waals surface area contributed by atoms with Crippen molar-refractivity contribution in [2.45, 2.75) is 31.4 Å². The van der Waals surface area contributed by atoms with Crippen LogP contribution in [0.4, 0.5) is 0 Å². The Bertz CT molecular complexity index is 504. The number of rotatable bonds is 6. The molecule has 0 spiro atoms. The van der Waals surface area contributed by atoms with Crippen molar-refractivity contribution in [1.29, 1.82) is 0 Å². The lowest BCUT2D eigenvalue weighted by Gasteiger charge is -2.14. The maximum absolute atomic E-state index is 5.78. The van der Waals surface area contributed by atoms with Crippen molar-refractivity contribution in [3.63, 3.8) is 0 Å². The van der Waals surface area contributed by atoms with Gasteiger partial charge in [0.15, 0.2) is 0 Å². The van der Waals surface area contributed by atoms with Gasteiger partial charge < -0.3 is 4.42 Å². The second kappa shape index (κ2) is 6.44. The van der Waals surface area contributed by atoms with E-state index in [1.54, 1.807) is 0 Å². The minimum atomic E-state index is -0.910. The molecule has 0 unspecified atom stereocenters. The average Bonchev–Trinajstić information content (AvgIpc) is 2.83. The fourth-order valence-electron chi connectivity index (χ4n) is 1.64. The van der Waals surface area contributed by atoms with Crippen molar-refractivity contribution < 1.29 is 4.42 Å². The zero-order valence-corrected chi connectivity index (χ0v) is 13.7. The molecule has 0 bridgehead atoms. The number of hydrogen-bond donors (Lipinski definition) is 0. The van der Waals surface area contributed by atoms with Crippen molar-refractivity contribution in [2.24, 2.45) is 0 Å². The highest BCUT2D eigenvalue weighted by Crippen LogP contribution is 2.22. The molecule has 0 aliphatic rings. The lowest BCUT2D eigenvalue weighted by molar-refractivity contribution is 0.538. The van der Waals surface area contributed by atoms with E-state index in [9.17, 15) is 0 Å². The van der Waals surface area contributed by atoms with Gasteiger partial charge in [-0.1, -0.05) is 37.8 Å². The van der Waals surface area contributed by atoms with Crippen LogP contribution >= 0.6 is 11.8 Å². The van der Waals surface area contributed by atoms with Gasteiger partial charge in [0.25, 0.3) is 0 Å². The van der Waals surface area contributed by atoms with Crippen LogP contribution in [-0.4, -0.2) is 18.8 Å². The van der Waals surface area contributed by atoms with Crippen molar-refractivity contribution >= 4 is 19.8 Å². The zero-order valence-electron chi connectivity index (χ0n) is 11.8. The fourth-order valence-corrected chi connectivity index (χ4v) is 5.15. The molecule has 1 heterocycles. The van der Waals surface area contributed by atoms with Gasteiger partial charge in [0.1, 0.15) is 5.76 Å². The molecule has 0 fully saturated rings. The third kappa shape index (κ3) is 4.88. The summed E-state index contributed by atoms with van der Waals surface area (Å²) >= 11 is 1.94. The molecule has 1 aromatic heterocycles. The van der Waals surface area contributed by atoms with E-state index < -0.39 is 8.07 Å². The highest BCUT2D eigenvalue weighted by molar-refractivity contribution is 7.98. The van der Waals surface area contributed by atoms with E-state index in [-0.39, 0.29) is 0 Å². The highest BCUT2D eigenvalue weighted by atomic mass is 32.2. The van der Waals surface area contributed by atoms with Crippen molar-refractivity contribution in [1.82, 2.24) is 4.98 Å². The molecule has 2 nitrogen and oxygen atoms in total. The molecule has 0 radical (unpaired) electrons. The van der Waals surface area contributed by atoms with Gasteiger partial charge in [-0.15, -0.1) is 0 Å². The first-order valence-electron chi connectivity index (χ1n) is 6.62. The molecular weight excluding hydrogens is 270 g/mol. The van der Waals surface area contributed by atoms with Gasteiger partial charge in [0, 0.05) is 13.6 Å². The second-order valence-electron chi connectivity index (χ2n) is 5.86. The Morgan fingerprint density at radius 3 is 2.58 bits per heavy atom. The molecule has 0 atom stereocenters. The van der Waals surface area contributed by atoms with E-state index in [2.05, 4.69) is 24.6 Å². The molecule has 2 rings (SSSR count). The number of oxazole rings is 1. The van der Waals surface area contributed by atoms with E-state index in [1.807, 2.05) is 48.3 Å². The first-order chi connectivity index (χ1) is 9.04. The summed E-state index contributed by atoms with van der Waals surface area (Å²) in [5.41, 5.74) is 1.04. The SMILES string of the molecule is C[Si](C)(C)CCSCc1cnc(-c2ccccc2)o1. The van der Waals surface area contributed by atoms with E-state index in [0.717, 1.165) is 23.0 Å². The van der Waals surface area contributed by atoms with Crippen molar-refractivity contribution in [3.05, 3.63) is 42.3 Å². The topological polar surface area (TPSA) is 26.0 Å². The summed E-state index contributed by atoms with van der Waals surface area (Å²) in [4.78, 5) is 4.34. The molecule has 0 aliphatic carbocycles. The van der Waals surface area contributed by atoms with Crippen LogP contribution in [0.2, 0.25) is 25.7 Å². The Kier molecular flexibility index (Phi) is 4.88. The van der Waals surface area contributed by atoms with Gasteiger partial charge in [-0.3, -0.25) is 0 Å². The number of nitrogens with zero attached hydrogens (tertiary/aromatic N) is 1. The largest absolute Gasteiger partial charge is 0.440 e. The molecule has 0 aliphatic heterocycles. The summed E-state index contributed by atoms with van der Waals surface area (Å²) in [7, 11) is -0.910. The summed E-state index contributed by atoms with van der Waals surface area (Å²) in [6, 6.07) is 11.4. The van der Waals surface area contributed by atoms with Crippen LogP contribution in [0.3, 0.4) is 0 Å². The Morgan fingerprint density at radius 1 is 1.16 bits per heavy atom. The Balaban J connectivity index is 1.85. The van der Waals surface area contributed by atoms with Crippen LogP contribution in [0, 0.1) is 0 Å².